The van der Waals surface area contributed by atoms with Crippen molar-refractivity contribution in [2.75, 3.05) is 34.5 Å². The van der Waals surface area contributed by atoms with Crippen LogP contribution in [0.4, 0.5) is 0 Å². The van der Waals surface area contributed by atoms with E-state index in [2.05, 4.69) is 5.32 Å². The summed E-state index contributed by atoms with van der Waals surface area (Å²) in [6.45, 7) is 2.34. The number of nitrogens with one attached hydrogen (secondary N) is 1. The Morgan fingerprint density at radius 1 is 0.962 bits per heavy atom. The maximum Gasteiger partial charge on any atom is 0.257 e. The van der Waals surface area contributed by atoms with Crippen LogP contribution in [0.5, 0.6) is 23.0 Å². The van der Waals surface area contributed by atoms with Gasteiger partial charge in [-0.1, -0.05) is 12.1 Å². The first-order chi connectivity index (χ1) is 12.6. The predicted octanol–water partition coefficient (Wildman–Crippen LogP) is 2.76. The molecule has 0 unspecified atom stereocenters. The van der Waals surface area contributed by atoms with E-state index in [1.807, 2.05) is 43.3 Å². The fraction of sp³-hybridized carbons (Fsp3) is 0.350. The van der Waals surface area contributed by atoms with Gasteiger partial charge in [0.25, 0.3) is 5.91 Å². The first kappa shape index (κ1) is 19.4. The standard InChI is InChI=1S/C20H25NO5/c1-14-11-17(24-3)20(18(12-14)25-4)26-13-19(22)21-10-9-15-5-7-16(23-2)8-6-15/h5-8,11-12H,9-10,13H2,1-4H3,(H,21,22). The third-order valence-corrected chi connectivity index (χ3v) is 3.85. The van der Waals surface area contributed by atoms with E-state index in [-0.39, 0.29) is 12.5 Å². The zero-order valence-corrected chi connectivity index (χ0v) is 15.6. The fourth-order valence-electron chi connectivity index (χ4n) is 2.48. The molecule has 0 aliphatic carbocycles. The summed E-state index contributed by atoms with van der Waals surface area (Å²) in [6.07, 6.45) is 0.729. The Kier molecular flexibility index (Phi) is 7.14. The summed E-state index contributed by atoms with van der Waals surface area (Å²) in [6, 6.07) is 11.4. The van der Waals surface area contributed by atoms with Crippen LogP contribution in [0, 0.1) is 6.92 Å². The highest BCUT2D eigenvalue weighted by molar-refractivity contribution is 5.77. The van der Waals surface area contributed by atoms with Gasteiger partial charge in [-0.2, -0.15) is 0 Å². The lowest BCUT2D eigenvalue weighted by Crippen LogP contribution is -2.30. The average molecular weight is 359 g/mol. The molecule has 0 saturated carbocycles. The molecule has 0 bridgehead atoms. The van der Waals surface area contributed by atoms with Gasteiger partial charge in [-0.05, 0) is 48.7 Å². The Morgan fingerprint density at radius 2 is 1.58 bits per heavy atom. The molecule has 0 fully saturated rings. The number of aryl methyl sites for hydroxylation is 1. The van der Waals surface area contributed by atoms with Crippen molar-refractivity contribution in [3.8, 4) is 23.0 Å². The van der Waals surface area contributed by atoms with Gasteiger partial charge < -0.3 is 24.3 Å². The number of ether oxygens (including phenoxy) is 4. The summed E-state index contributed by atoms with van der Waals surface area (Å²) in [5, 5.41) is 2.84. The van der Waals surface area contributed by atoms with Crippen LogP contribution in [0.2, 0.25) is 0 Å². The van der Waals surface area contributed by atoms with E-state index in [0.29, 0.717) is 23.8 Å². The summed E-state index contributed by atoms with van der Waals surface area (Å²) in [5.41, 5.74) is 2.10. The second kappa shape index (κ2) is 9.56. The average Bonchev–Trinajstić information content (AvgIpc) is 2.66. The lowest BCUT2D eigenvalue weighted by molar-refractivity contribution is -0.123. The number of rotatable bonds is 9. The number of methoxy groups -OCH3 is 3. The van der Waals surface area contributed by atoms with Crippen molar-refractivity contribution in [1.82, 2.24) is 5.32 Å². The van der Waals surface area contributed by atoms with Gasteiger partial charge in [0.1, 0.15) is 5.75 Å². The van der Waals surface area contributed by atoms with Gasteiger partial charge >= 0.3 is 0 Å². The quantitative estimate of drug-likeness (QED) is 0.746. The lowest BCUT2D eigenvalue weighted by atomic mass is 10.1. The maximum atomic E-state index is 12.0. The second-order valence-electron chi connectivity index (χ2n) is 5.74. The van der Waals surface area contributed by atoms with Crippen LogP contribution in [-0.2, 0) is 11.2 Å². The Labute approximate surface area is 154 Å². The molecular formula is C20H25NO5. The number of carbonyl (C=O) groups excluding carboxylic acids is 1. The number of benzene rings is 2. The third kappa shape index (κ3) is 5.31. The predicted molar refractivity (Wildman–Crippen MR) is 99.5 cm³/mol. The first-order valence-corrected chi connectivity index (χ1v) is 8.32. The topological polar surface area (TPSA) is 66.0 Å². The maximum absolute atomic E-state index is 12.0. The highest BCUT2D eigenvalue weighted by Gasteiger charge is 2.14. The number of amides is 1. The van der Waals surface area contributed by atoms with Crippen LogP contribution in [-0.4, -0.2) is 40.4 Å². The van der Waals surface area contributed by atoms with Crippen molar-refractivity contribution < 1.29 is 23.7 Å². The summed E-state index contributed by atoms with van der Waals surface area (Å²) in [4.78, 5) is 12.0. The fourth-order valence-corrected chi connectivity index (χ4v) is 2.48. The van der Waals surface area contributed by atoms with Crippen LogP contribution < -0.4 is 24.3 Å². The molecular weight excluding hydrogens is 334 g/mol. The van der Waals surface area contributed by atoms with Crippen molar-refractivity contribution in [2.45, 2.75) is 13.3 Å². The zero-order valence-electron chi connectivity index (χ0n) is 15.6. The largest absolute Gasteiger partial charge is 0.497 e. The van der Waals surface area contributed by atoms with E-state index < -0.39 is 0 Å². The van der Waals surface area contributed by atoms with E-state index in [0.717, 1.165) is 23.3 Å². The number of hydrogen-bond acceptors (Lipinski definition) is 5. The van der Waals surface area contributed by atoms with E-state index in [4.69, 9.17) is 18.9 Å². The van der Waals surface area contributed by atoms with Crippen molar-refractivity contribution in [1.29, 1.82) is 0 Å². The molecule has 0 spiro atoms. The molecule has 26 heavy (non-hydrogen) atoms. The molecule has 1 amide bonds. The van der Waals surface area contributed by atoms with Crippen molar-refractivity contribution >= 4 is 5.91 Å². The van der Waals surface area contributed by atoms with Gasteiger partial charge in [0.2, 0.25) is 5.75 Å². The van der Waals surface area contributed by atoms with Gasteiger partial charge in [0.15, 0.2) is 18.1 Å². The van der Waals surface area contributed by atoms with Crippen LogP contribution in [0.1, 0.15) is 11.1 Å². The molecule has 2 aromatic carbocycles. The molecule has 1 N–H and O–H groups in total. The third-order valence-electron chi connectivity index (χ3n) is 3.85. The van der Waals surface area contributed by atoms with Crippen molar-refractivity contribution in [3.05, 3.63) is 47.5 Å². The molecule has 0 radical (unpaired) electrons. The monoisotopic (exact) mass is 359 g/mol. The number of hydrogen-bond donors (Lipinski definition) is 1. The lowest BCUT2D eigenvalue weighted by Gasteiger charge is -2.15. The molecule has 2 aromatic rings. The van der Waals surface area contributed by atoms with E-state index >= 15 is 0 Å². The van der Waals surface area contributed by atoms with Gasteiger partial charge in [-0.15, -0.1) is 0 Å². The minimum absolute atomic E-state index is 0.113. The Balaban J connectivity index is 1.85. The Hall–Kier alpha value is -2.89. The van der Waals surface area contributed by atoms with Crippen LogP contribution in [0.25, 0.3) is 0 Å². The van der Waals surface area contributed by atoms with Crippen LogP contribution >= 0.6 is 0 Å². The highest BCUT2D eigenvalue weighted by atomic mass is 16.5. The molecule has 0 heterocycles. The van der Waals surface area contributed by atoms with E-state index in [1.165, 1.54) is 0 Å². The molecule has 0 aromatic heterocycles. The Morgan fingerprint density at radius 3 is 2.12 bits per heavy atom. The Bertz CT molecular complexity index is 702. The first-order valence-electron chi connectivity index (χ1n) is 8.32. The normalized spacial score (nSPS) is 10.2. The summed E-state index contributed by atoms with van der Waals surface area (Å²) >= 11 is 0. The molecule has 0 saturated heterocycles. The minimum Gasteiger partial charge on any atom is -0.497 e. The smallest absolute Gasteiger partial charge is 0.257 e. The molecule has 6 nitrogen and oxygen atoms in total. The molecule has 6 heteroatoms. The van der Waals surface area contributed by atoms with Crippen molar-refractivity contribution in [2.24, 2.45) is 0 Å². The van der Waals surface area contributed by atoms with Gasteiger partial charge in [0.05, 0.1) is 21.3 Å². The van der Waals surface area contributed by atoms with Crippen LogP contribution in [0.3, 0.4) is 0 Å². The molecule has 0 aliphatic heterocycles. The van der Waals surface area contributed by atoms with E-state index in [9.17, 15) is 4.79 Å². The highest BCUT2D eigenvalue weighted by Crippen LogP contribution is 2.38. The molecule has 140 valence electrons. The molecule has 2 rings (SSSR count). The summed E-state index contributed by atoms with van der Waals surface area (Å²) in [7, 11) is 4.74. The van der Waals surface area contributed by atoms with Gasteiger partial charge in [-0.25, -0.2) is 0 Å². The van der Waals surface area contributed by atoms with Gasteiger partial charge in [0, 0.05) is 6.54 Å². The summed E-state index contributed by atoms with van der Waals surface area (Å²) in [5.74, 6) is 2.10. The van der Waals surface area contributed by atoms with Gasteiger partial charge in [-0.3, -0.25) is 4.79 Å². The second-order valence-corrected chi connectivity index (χ2v) is 5.74. The SMILES string of the molecule is COc1ccc(CCNC(=O)COc2c(OC)cc(C)cc2OC)cc1. The minimum atomic E-state index is -0.205. The zero-order chi connectivity index (χ0) is 18.9. The number of carbonyl (C=O) groups is 1. The van der Waals surface area contributed by atoms with E-state index in [1.54, 1.807) is 21.3 Å². The van der Waals surface area contributed by atoms with Crippen LogP contribution in [0.15, 0.2) is 36.4 Å². The molecule has 0 aliphatic rings. The summed E-state index contributed by atoms with van der Waals surface area (Å²) < 4.78 is 21.4. The van der Waals surface area contributed by atoms with Crippen molar-refractivity contribution in [3.63, 3.8) is 0 Å². The molecule has 0 atom stereocenters.